The number of hydrogen-bond acceptors (Lipinski definition) is 5. The molecule has 0 aliphatic carbocycles. The van der Waals surface area contributed by atoms with E-state index in [1.165, 1.54) is 5.01 Å². The molecule has 1 unspecified atom stereocenters. The number of carbonyl (C=O) groups excluding carboxylic acids is 3. The van der Waals surface area contributed by atoms with Crippen molar-refractivity contribution < 1.29 is 23.9 Å². The molecule has 1 aromatic carbocycles. The minimum absolute atomic E-state index is 0.127. The smallest absolute Gasteiger partial charge is 0.429 e. The quantitative estimate of drug-likeness (QED) is 0.795. The van der Waals surface area contributed by atoms with Crippen molar-refractivity contribution >= 4 is 18.0 Å². The summed E-state index contributed by atoms with van der Waals surface area (Å²) in [4.78, 5) is 36.9. The lowest BCUT2D eigenvalue weighted by Gasteiger charge is -2.32. The van der Waals surface area contributed by atoms with E-state index >= 15 is 0 Å². The average Bonchev–Trinajstić information content (AvgIpc) is 2.57. The highest BCUT2D eigenvalue weighted by Crippen LogP contribution is 2.31. The van der Waals surface area contributed by atoms with Gasteiger partial charge in [-0.05, 0) is 51.2 Å². The van der Waals surface area contributed by atoms with E-state index in [0.29, 0.717) is 18.6 Å². The molecule has 1 N–H and O–H groups in total. The van der Waals surface area contributed by atoms with Gasteiger partial charge in [-0.15, -0.1) is 0 Å². The monoisotopic (exact) mass is 376 g/mol. The summed E-state index contributed by atoms with van der Waals surface area (Å²) in [6.45, 7) is 9.57. The first kappa shape index (κ1) is 20.7. The molecule has 0 aromatic heterocycles. The van der Waals surface area contributed by atoms with Crippen molar-refractivity contribution in [3.8, 4) is 0 Å². The molecule has 0 fully saturated rings. The second kappa shape index (κ2) is 8.41. The van der Waals surface area contributed by atoms with Gasteiger partial charge in [-0.25, -0.2) is 9.80 Å². The fraction of sp³-hybridized carbons (Fsp3) is 0.550. The van der Waals surface area contributed by atoms with Crippen LogP contribution in [-0.4, -0.2) is 35.2 Å². The van der Waals surface area contributed by atoms with E-state index in [0.717, 1.165) is 11.1 Å². The van der Waals surface area contributed by atoms with Gasteiger partial charge >= 0.3 is 12.1 Å². The standard InChI is InChI=1S/C20H28N2O5/c1-6-13(11-16(23)26-7-2)15-10-8-9-14-12-22(21-18(24)17(14)15)19(25)27-20(3,4)5/h8-10,13H,6-7,11-12H2,1-5H3,(H,21,24). The maximum absolute atomic E-state index is 12.7. The largest absolute Gasteiger partial charge is 0.466 e. The van der Waals surface area contributed by atoms with Gasteiger partial charge in [-0.2, -0.15) is 0 Å². The Morgan fingerprint density at radius 1 is 1.26 bits per heavy atom. The third-order valence-electron chi connectivity index (χ3n) is 4.24. The van der Waals surface area contributed by atoms with Crippen LogP contribution in [0.2, 0.25) is 0 Å². The van der Waals surface area contributed by atoms with Crippen LogP contribution in [0.5, 0.6) is 0 Å². The van der Waals surface area contributed by atoms with Gasteiger partial charge in [-0.1, -0.05) is 25.1 Å². The fourth-order valence-corrected chi connectivity index (χ4v) is 3.08. The van der Waals surface area contributed by atoms with Crippen molar-refractivity contribution in [2.75, 3.05) is 6.61 Å². The topological polar surface area (TPSA) is 84.9 Å². The normalized spacial score (nSPS) is 14.9. The maximum atomic E-state index is 12.7. The predicted molar refractivity (Wildman–Crippen MR) is 100.0 cm³/mol. The number of hydrazine groups is 1. The average molecular weight is 376 g/mol. The maximum Gasteiger partial charge on any atom is 0.429 e. The van der Waals surface area contributed by atoms with Gasteiger partial charge in [0, 0.05) is 5.56 Å². The summed E-state index contributed by atoms with van der Waals surface area (Å²) in [5.74, 6) is -0.786. The van der Waals surface area contributed by atoms with Crippen LogP contribution in [-0.2, 0) is 20.8 Å². The number of rotatable bonds is 5. The van der Waals surface area contributed by atoms with Gasteiger partial charge in [0.2, 0.25) is 0 Å². The third-order valence-corrected chi connectivity index (χ3v) is 4.24. The number of esters is 1. The molecule has 1 aliphatic heterocycles. The van der Waals surface area contributed by atoms with E-state index in [1.54, 1.807) is 27.7 Å². The number of hydrogen-bond donors (Lipinski definition) is 1. The predicted octanol–water partition coefficient (Wildman–Crippen LogP) is 3.53. The zero-order valence-corrected chi connectivity index (χ0v) is 16.6. The Balaban J connectivity index is 2.27. The van der Waals surface area contributed by atoms with Crippen molar-refractivity contribution in [2.45, 2.75) is 65.5 Å². The Bertz CT molecular complexity index is 724. The van der Waals surface area contributed by atoms with Crippen molar-refractivity contribution in [2.24, 2.45) is 0 Å². The van der Waals surface area contributed by atoms with Gasteiger partial charge in [0.1, 0.15) is 5.60 Å². The van der Waals surface area contributed by atoms with E-state index < -0.39 is 11.7 Å². The van der Waals surface area contributed by atoms with Crippen LogP contribution in [0.4, 0.5) is 4.79 Å². The van der Waals surface area contributed by atoms with E-state index in [9.17, 15) is 14.4 Å². The fourth-order valence-electron chi connectivity index (χ4n) is 3.08. The van der Waals surface area contributed by atoms with E-state index in [1.807, 2.05) is 25.1 Å². The molecule has 7 nitrogen and oxygen atoms in total. The Morgan fingerprint density at radius 3 is 2.56 bits per heavy atom. The molecule has 2 rings (SSSR count). The number of amides is 2. The Hall–Kier alpha value is -2.57. The van der Waals surface area contributed by atoms with Gasteiger partial charge in [0.25, 0.3) is 5.91 Å². The summed E-state index contributed by atoms with van der Waals surface area (Å²) in [5.41, 5.74) is 3.98. The lowest BCUT2D eigenvalue weighted by Crippen LogP contribution is -2.51. The van der Waals surface area contributed by atoms with Crippen molar-refractivity contribution in [1.29, 1.82) is 0 Å². The molecule has 0 saturated carbocycles. The molecule has 148 valence electrons. The second-order valence-corrected chi connectivity index (χ2v) is 7.50. The minimum Gasteiger partial charge on any atom is -0.466 e. The molecule has 1 aliphatic rings. The summed E-state index contributed by atoms with van der Waals surface area (Å²) in [6, 6.07) is 5.51. The van der Waals surface area contributed by atoms with Crippen LogP contribution >= 0.6 is 0 Å². The number of nitrogens with zero attached hydrogens (tertiary/aromatic N) is 1. The van der Waals surface area contributed by atoms with Gasteiger partial charge in [-0.3, -0.25) is 15.0 Å². The summed E-state index contributed by atoms with van der Waals surface area (Å²) in [7, 11) is 0. The number of nitrogens with one attached hydrogen (secondary N) is 1. The summed E-state index contributed by atoms with van der Waals surface area (Å²) >= 11 is 0. The molecule has 1 atom stereocenters. The van der Waals surface area contributed by atoms with Gasteiger partial charge in [0.05, 0.1) is 19.6 Å². The van der Waals surface area contributed by atoms with Crippen LogP contribution in [0.25, 0.3) is 0 Å². The lowest BCUT2D eigenvalue weighted by molar-refractivity contribution is -0.143. The Kier molecular flexibility index (Phi) is 6.46. The molecular formula is C20H28N2O5. The molecule has 0 radical (unpaired) electrons. The first-order valence-electron chi connectivity index (χ1n) is 9.25. The molecular weight excluding hydrogens is 348 g/mol. The lowest BCUT2D eigenvalue weighted by atomic mass is 9.86. The zero-order chi connectivity index (χ0) is 20.2. The zero-order valence-electron chi connectivity index (χ0n) is 16.6. The summed E-state index contributed by atoms with van der Waals surface area (Å²) < 4.78 is 10.4. The molecule has 1 aromatic rings. The second-order valence-electron chi connectivity index (χ2n) is 7.50. The number of carbonyl (C=O) groups is 3. The molecule has 27 heavy (non-hydrogen) atoms. The highest BCUT2D eigenvalue weighted by molar-refractivity contribution is 5.99. The number of benzene rings is 1. The van der Waals surface area contributed by atoms with Crippen molar-refractivity contribution in [1.82, 2.24) is 10.4 Å². The summed E-state index contributed by atoms with van der Waals surface area (Å²) in [5, 5.41) is 1.17. The SMILES string of the molecule is CCOC(=O)CC(CC)c1cccc2c1C(=O)NN(C(=O)OC(C)(C)C)C2. The number of fused-ring (bicyclic) bond motifs is 1. The van der Waals surface area contributed by atoms with Gasteiger partial charge < -0.3 is 9.47 Å². The van der Waals surface area contributed by atoms with Crippen LogP contribution in [0, 0.1) is 0 Å². The third kappa shape index (κ3) is 5.21. The Labute approximate surface area is 160 Å². The molecule has 1 heterocycles. The molecule has 2 amide bonds. The van der Waals surface area contributed by atoms with Crippen LogP contribution < -0.4 is 5.43 Å². The first-order valence-corrected chi connectivity index (χ1v) is 9.25. The summed E-state index contributed by atoms with van der Waals surface area (Å²) in [6.07, 6.45) is 0.299. The van der Waals surface area contributed by atoms with Gasteiger partial charge in [0.15, 0.2) is 0 Å². The van der Waals surface area contributed by atoms with E-state index in [2.05, 4.69) is 5.43 Å². The van der Waals surface area contributed by atoms with Crippen LogP contribution in [0.3, 0.4) is 0 Å². The molecule has 0 saturated heterocycles. The van der Waals surface area contributed by atoms with Crippen LogP contribution in [0.1, 0.15) is 74.9 Å². The molecule has 0 bridgehead atoms. The highest BCUT2D eigenvalue weighted by Gasteiger charge is 2.32. The molecule has 7 heteroatoms. The first-order chi connectivity index (χ1) is 12.7. The highest BCUT2D eigenvalue weighted by atomic mass is 16.6. The number of ether oxygens (including phenoxy) is 2. The van der Waals surface area contributed by atoms with Crippen LogP contribution in [0.15, 0.2) is 18.2 Å². The van der Waals surface area contributed by atoms with E-state index in [4.69, 9.17) is 9.47 Å². The van der Waals surface area contributed by atoms with Crippen molar-refractivity contribution in [3.63, 3.8) is 0 Å². The molecule has 0 spiro atoms. The minimum atomic E-state index is -0.656. The van der Waals surface area contributed by atoms with Crippen molar-refractivity contribution in [3.05, 3.63) is 34.9 Å². The van der Waals surface area contributed by atoms with E-state index in [-0.39, 0.29) is 30.8 Å². The Morgan fingerprint density at radius 2 is 1.96 bits per heavy atom.